The molecule has 3 rings (SSSR count). The van der Waals surface area contributed by atoms with Crippen molar-refractivity contribution in [1.82, 2.24) is 10.2 Å². The molecule has 1 saturated carbocycles. The zero-order valence-corrected chi connectivity index (χ0v) is 12.7. The number of rotatable bonds is 4. The van der Waals surface area contributed by atoms with Gasteiger partial charge in [0.1, 0.15) is 12.1 Å². The minimum absolute atomic E-state index is 0.0122. The molecule has 0 aromatic carbocycles. The fourth-order valence-corrected chi connectivity index (χ4v) is 3.75. The number of carbonyl (C=O) groups excluding carboxylic acids is 2. The molecule has 2 atom stereocenters. The predicted octanol–water partition coefficient (Wildman–Crippen LogP) is 2.07. The van der Waals surface area contributed by atoms with Crippen molar-refractivity contribution < 1.29 is 9.59 Å². The molecule has 2 aliphatic rings. The standard InChI is InChI=1S/C15H20N2O2S/c1-3-11-14(18)16-13(10-4-5-10)15(19)17(11)8-12-9(2)6-7-20-12/h6-7,10-11,13H,3-5,8H2,1-2H3,(H,16,18). The van der Waals surface area contributed by atoms with Crippen LogP contribution in [0.2, 0.25) is 0 Å². The molecule has 1 N–H and O–H groups in total. The molecule has 1 aromatic rings. The van der Waals surface area contributed by atoms with Gasteiger partial charge in [0.05, 0.1) is 6.54 Å². The Bertz CT molecular complexity index is 536. The average molecular weight is 292 g/mol. The number of aryl methyl sites for hydroxylation is 1. The molecule has 2 unspecified atom stereocenters. The van der Waals surface area contributed by atoms with E-state index in [1.54, 1.807) is 16.2 Å². The van der Waals surface area contributed by atoms with E-state index in [-0.39, 0.29) is 23.9 Å². The number of hydrogen-bond acceptors (Lipinski definition) is 3. The maximum atomic E-state index is 12.7. The molecule has 1 saturated heterocycles. The van der Waals surface area contributed by atoms with E-state index < -0.39 is 0 Å². The molecule has 1 aromatic heterocycles. The first-order chi connectivity index (χ1) is 9.61. The summed E-state index contributed by atoms with van der Waals surface area (Å²) in [5.74, 6) is 0.473. The third kappa shape index (κ3) is 2.35. The molecule has 4 nitrogen and oxygen atoms in total. The Labute approximate surface area is 123 Å². The number of hydrogen-bond donors (Lipinski definition) is 1. The van der Waals surface area contributed by atoms with Crippen LogP contribution in [-0.4, -0.2) is 28.8 Å². The lowest BCUT2D eigenvalue weighted by atomic mass is 10.0. The van der Waals surface area contributed by atoms with E-state index in [0.717, 1.165) is 12.8 Å². The second-order valence-corrected chi connectivity index (χ2v) is 6.74. The van der Waals surface area contributed by atoms with E-state index >= 15 is 0 Å². The first kappa shape index (κ1) is 13.6. The SMILES string of the molecule is CCC1C(=O)NC(C2CC2)C(=O)N1Cc1sccc1C. The Kier molecular flexibility index (Phi) is 3.54. The molecule has 5 heteroatoms. The molecule has 0 spiro atoms. The van der Waals surface area contributed by atoms with Crippen molar-refractivity contribution in [2.75, 3.05) is 0 Å². The van der Waals surface area contributed by atoms with Crippen LogP contribution in [0.25, 0.3) is 0 Å². The van der Waals surface area contributed by atoms with E-state index in [1.807, 2.05) is 12.3 Å². The molecule has 1 aliphatic carbocycles. The van der Waals surface area contributed by atoms with Crippen molar-refractivity contribution in [3.63, 3.8) is 0 Å². The zero-order chi connectivity index (χ0) is 14.3. The van der Waals surface area contributed by atoms with Gasteiger partial charge < -0.3 is 10.2 Å². The molecule has 108 valence electrons. The van der Waals surface area contributed by atoms with Gasteiger partial charge in [-0.05, 0) is 49.1 Å². The minimum Gasteiger partial charge on any atom is -0.342 e. The van der Waals surface area contributed by atoms with Gasteiger partial charge in [0, 0.05) is 4.88 Å². The van der Waals surface area contributed by atoms with Gasteiger partial charge in [0.2, 0.25) is 11.8 Å². The lowest BCUT2D eigenvalue weighted by molar-refractivity contribution is -0.150. The summed E-state index contributed by atoms with van der Waals surface area (Å²) in [4.78, 5) is 27.9. The number of thiophene rings is 1. The van der Waals surface area contributed by atoms with Gasteiger partial charge in [0.25, 0.3) is 0 Å². The first-order valence-corrected chi connectivity index (χ1v) is 8.13. The summed E-state index contributed by atoms with van der Waals surface area (Å²) in [5.41, 5.74) is 1.20. The maximum Gasteiger partial charge on any atom is 0.246 e. The van der Waals surface area contributed by atoms with Crippen LogP contribution >= 0.6 is 11.3 Å². The number of amides is 2. The van der Waals surface area contributed by atoms with Gasteiger partial charge in [-0.1, -0.05) is 6.92 Å². The highest BCUT2D eigenvalue weighted by Gasteiger charge is 2.46. The molecule has 2 fully saturated rings. The van der Waals surface area contributed by atoms with Gasteiger partial charge in [-0.2, -0.15) is 0 Å². The highest BCUT2D eigenvalue weighted by atomic mass is 32.1. The predicted molar refractivity (Wildman–Crippen MR) is 78.3 cm³/mol. The summed E-state index contributed by atoms with van der Waals surface area (Å²) in [7, 11) is 0. The Hall–Kier alpha value is -1.36. The number of piperazine rings is 1. The van der Waals surface area contributed by atoms with Crippen LogP contribution < -0.4 is 5.32 Å². The second-order valence-electron chi connectivity index (χ2n) is 5.74. The van der Waals surface area contributed by atoms with Gasteiger partial charge >= 0.3 is 0 Å². The molecule has 0 bridgehead atoms. The number of nitrogens with zero attached hydrogens (tertiary/aromatic N) is 1. The van der Waals surface area contributed by atoms with E-state index in [0.29, 0.717) is 18.9 Å². The lowest BCUT2D eigenvalue weighted by Gasteiger charge is -2.38. The fourth-order valence-electron chi connectivity index (χ4n) is 2.85. The van der Waals surface area contributed by atoms with Crippen molar-refractivity contribution in [2.45, 2.75) is 51.7 Å². The molecule has 1 aliphatic heterocycles. The molecular weight excluding hydrogens is 272 g/mol. The quantitative estimate of drug-likeness (QED) is 0.923. The zero-order valence-electron chi connectivity index (χ0n) is 11.9. The Balaban J connectivity index is 1.84. The van der Waals surface area contributed by atoms with Crippen molar-refractivity contribution in [2.24, 2.45) is 5.92 Å². The van der Waals surface area contributed by atoms with Crippen LogP contribution in [-0.2, 0) is 16.1 Å². The van der Waals surface area contributed by atoms with E-state index in [4.69, 9.17) is 0 Å². The maximum absolute atomic E-state index is 12.7. The van der Waals surface area contributed by atoms with Crippen LogP contribution in [0.1, 0.15) is 36.6 Å². The van der Waals surface area contributed by atoms with Crippen molar-refractivity contribution in [3.05, 3.63) is 21.9 Å². The van der Waals surface area contributed by atoms with E-state index in [2.05, 4.69) is 18.3 Å². The van der Waals surface area contributed by atoms with Crippen LogP contribution in [0.4, 0.5) is 0 Å². The molecule has 2 heterocycles. The van der Waals surface area contributed by atoms with Crippen LogP contribution in [0.3, 0.4) is 0 Å². The van der Waals surface area contributed by atoms with Crippen LogP contribution in [0.15, 0.2) is 11.4 Å². The van der Waals surface area contributed by atoms with Gasteiger partial charge in [-0.25, -0.2) is 0 Å². The fraction of sp³-hybridized carbons (Fsp3) is 0.600. The van der Waals surface area contributed by atoms with Crippen molar-refractivity contribution >= 4 is 23.2 Å². The molecule has 20 heavy (non-hydrogen) atoms. The number of carbonyl (C=O) groups is 2. The highest BCUT2D eigenvalue weighted by Crippen LogP contribution is 2.36. The molecular formula is C15H20N2O2S. The summed E-state index contributed by atoms with van der Waals surface area (Å²) in [5, 5.41) is 4.97. The van der Waals surface area contributed by atoms with Crippen molar-refractivity contribution in [1.29, 1.82) is 0 Å². The summed E-state index contributed by atoms with van der Waals surface area (Å²) in [6.45, 7) is 4.58. The average Bonchev–Trinajstić information content (AvgIpc) is 3.18. The Morgan fingerprint density at radius 1 is 1.40 bits per heavy atom. The van der Waals surface area contributed by atoms with E-state index in [1.165, 1.54) is 10.4 Å². The van der Waals surface area contributed by atoms with Crippen LogP contribution in [0.5, 0.6) is 0 Å². The largest absolute Gasteiger partial charge is 0.342 e. The van der Waals surface area contributed by atoms with Gasteiger partial charge in [0.15, 0.2) is 0 Å². The number of nitrogens with one attached hydrogen (secondary N) is 1. The minimum atomic E-state index is -0.320. The van der Waals surface area contributed by atoms with E-state index in [9.17, 15) is 9.59 Å². The molecule has 0 radical (unpaired) electrons. The van der Waals surface area contributed by atoms with Crippen LogP contribution in [0, 0.1) is 12.8 Å². The smallest absolute Gasteiger partial charge is 0.246 e. The third-order valence-electron chi connectivity index (χ3n) is 4.29. The Morgan fingerprint density at radius 2 is 2.15 bits per heavy atom. The normalized spacial score (nSPS) is 26.8. The summed E-state index contributed by atoms with van der Waals surface area (Å²) in [6, 6.07) is 1.46. The first-order valence-electron chi connectivity index (χ1n) is 7.25. The third-order valence-corrected chi connectivity index (χ3v) is 5.30. The van der Waals surface area contributed by atoms with Gasteiger partial charge in [-0.3, -0.25) is 9.59 Å². The van der Waals surface area contributed by atoms with Gasteiger partial charge in [-0.15, -0.1) is 11.3 Å². The Morgan fingerprint density at radius 3 is 2.70 bits per heavy atom. The highest BCUT2D eigenvalue weighted by molar-refractivity contribution is 7.10. The summed E-state index contributed by atoms with van der Waals surface area (Å²) in [6.07, 6.45) is 2.78. The summed E-state index contributed by atoms with van der Waals surface area (Å²) >= 11 is 1.66. The second kappa shape index (κ2) is 5.20. The van der Waals surface area contributed by atoms with Crippen molar-refractivity contribution in [3.8, 4) is 0 Å². The monoisotopic (exact) mass is 292 g/mol. The topological polar surface area (TPSA) is 49.4 Å². The lowest BCUT2D eigenvalue weighted by Crippen LogP contribution is -2.63. The molecule has 2 amide bonds. The summed E-state index contributed by atoms with van der Waals surface area (Å²) < 4.78 is 0.